The van der Waals surface area contributed by atoms with Crippen molar-refractivity contribution in [3.8, 4) is 0 Å². The van der Waals surface area contributed by atoms with Crippen LogP contribution < -0.4 is 0 Å². The zero-order valence-electron chi connectivity index (χ0n) is 23.9. The van der Waals surface area contributed by atoms with Crippen molar-refractivity contribution in [1.82, 2.24) is 0 Å². The Morgan fingerprint density at radius 1 is 0.900 bits per heavy atom. The number of aliphatic hydroxyl groups is 4. The van der Waals surface area contributed by atoms with Crippen molar-refractivity contribution in [2.45, 2.75) is 128 Å². The van der Waals surface area contributed by atoms with Gasteiger partial charge in [0.25, 0.3) is 0 Å². The molecule has 15 atom stereocenters. The molecule has 40 heavy (non-hydrogen) atoms. The van der Waals surface area contributed by atoms with Crippen LogP contribution in [0.2, 0.25) is 0 Å². The molecule has 6 N–H and O–H groups in total. The van der Waals surface area contributed by atoms with E-state index in [1.807, 2.05) is 0 Å². The van der Waals surface area contributed by atoms with Gasteiger partial charge in [0.05, 0.1) is 12.2 Å². The van der Waals surface area contributed by atoms with Gasteiger partial charge in [-0.15, -0.1) is 0 Å². The number of rotatable bonds is 7. The smallest absolute Gasteiger partial charge is 0.335 e. The van der Waals surface area contributed by atoms with Crippen LogP contribution in [0.3, 0.4) is 0 Å². The molecular formula is C30H48O10. The number of fused-ring (bicyclic) bond motifs is 5. The van der Waals surface area contributed by atoms with Gasteiger partial charge in [-0.2, -0.15) is 0 Å². The normalized spacial score (nSPS) is 51.3. The lowest BCUT2D eigenvalue weighted by atomic mass is 9.43. The fraction of sp³-hybridized carbons (Fsp3) is 0.933. The number of aliphatic carboxylic acids is 2. The Kier molecular flexibility index (Phi) is 8.36. The minimum absolute atomic E-state index is 0.0312. The highest BCUT2D eigenvalue weighted by atomic mass is 16.7. The second-order valence-corrected chi connectivity index (χ2v) is 14.2. The maximum atomic E-state index is 11.6. The number of carbonyl (C=O) groups is 2. The second kappa shape index (κ2) is 11.1. The van der Waals surface area contributed by atoms with Crippen LogP contribution in [0.25, 0.3) is 0 Å². The highest BCUT2D eigenvalue weighted by Gasteiger charge is 2.63. The Bertz CT molecular complexity index is 959. The minimum atomic E-state index is -1.75. The third-order valence-electron chi connectivity index (χ3n) is 12.3. The molecule has 0 amide bonds. The molecule has 5 aliphatic rings. The third-order valence-corrected chi connectivity index (χ3v) is 12.3. The average molecular weight is 569 g/mol. The van der Waals surface area contributed by atoms with E-state index in [1.165, 1.54) is 0 Å². The van der Waals surface area contributed by atoms with Crippen LogP contribution in [0.5, 0.6) is 0 Å². The summed E-state index contributed by atoms with van der Waals surface area (Å²) in [5.41, 5.74) is 0.146. The number of carboxylic acid groups (broad SMARTS) is 2. The van der Waals surface area contributed by atoms with E-state index in [0.717, 1.165) is 32.1 Å². The predicted molar refractivity (Wildman–Crippen MR) is 142 cm³/mol. The summed E-state index contributed by atoms with van der Waals surface area (Å²) in [6.07, 6.45) is -0.687. The summed E-state index contributed by atoms with van der Waals surface area (Å²) in [6.45, 7) is 6.95. The molecule has 10 heteroatoms. The molecule has 228 valence electrons. The highest BCUT2D eigenvalue weighted by molar-refractivity contribution is 5.73. The zero-order chi connectivity index (χ0) is 29.1. The van der Waals surface area contributed by atoms with E-state index in [2.05, 4.69) is 20.8 Å². The number of ether oxygens (including phenoxy) is 2. The van der Waals surface area contributed by atoms with E-state index in [9.17, 15) is 40.2 Å². The van der Waals surface area contributed by atoms with Crippen molar-refractivity contribution in [3.05, 3.63) is 0 Å². The van der Waals surface area contributed by atoms with Crippen LogP contribution in [0.1, 0.15) is 85.0 Å². The van der Waals surface area contributed by atoms with E-state index < -0.39 is 48.7 Å². The Morgan fingerprint density at radius 3 is 2.25 bits per heavy atom. The molecule has 4 aliphatic carbocycles. The van der Waals surface area contributed by atoms with Crippen molar-refractivity contribution in [2.75, 3.05) is 0 Å². The second-order valence-electron chi connectivity index (χ2n) is 14.2. The molecule has 5 fully saturated rings. The van der Waals surface area contributed by atoms with E-state index in [4.69, 9.17) is 9.47 Å². The average Bonchev–Trinajstić information content (AvgIpc) is 3.25. The molecule has 10 nitrogen and oxygen atoms in total. The summed E-state index contributed by atoms with van der Waals surface area (Å²) in [7, 11) is 0. The van der Waals surface area contributed by atoms with Crippen LogP contribution in [0, 0.1) is 46.3 Å². The van der Waals surface area contributed by atoms with Crippen molar-refractivity contribution in [2.24, 2.45) is 46.3 Å². The first-order valence-electron chi connectivity index (χ1n) is 15.3. The van der Waals surface area contributed by atoms with Crippen LogP contribution in [-0.2, 0) is 19.1 Å². The van der Waals surface area contributed by atoms with Crippen molar-refractivity contribution in [1.29, 1.82) is 0 Å². The monoisotopic (exact) mass is 568 g/mol. The van der Waals surface area contributed by atoms with E-state index >= 15 is 0 Å². The Morgan fingerprint density at radius 2 is 1.57 bits per heavy atom. The van der Waals surface area contributed by atoms with Crippen molar-refractivity contribution < 1.29 is 49.7 Å². The summed E-state index contributed by atoms with van der Waals surface area (Å²) in [6, 6.07) is 0. The van der Waals surface area contributed by atoms with Crippen LogP contribution in [0.15, 0.2) is 0 Å². The minimum Gasteiger partial charge on any atom is -0.481 e. The molecule has 1 aliphatic heterocycles. The lowest BCUT2D eigenvalue weighted by molar-refractivity contribution is -0.310. The third kappa shape index (κ3) is 5.00. The van der Waals surface area contributed by atoms with Gasteiger partial charge in [0, 0.05) is 6.42 Å². The van der Waals surface area contributed by atoms with Crippen LogP contribution >= 0.6 is 0 Å². The molecule has 0 bridgehead atoms. The topological polar surface area (TPSA) is 174 Å². The lowest BCUT2D eigenvalue weighted by Crippen LogP contribution is -2.61. The van der Waals surface area contributed by atoms with E-state index in [1.54, 1.807) is 0 Å². The Balaban J connectivity index is 1.27. The number of hydrogen-bond acceptors (Lipinski definition) is 8. The van der Waals surface area contributed by atoms with Gasteiger partial charge in [-0.3, -0.25) is 4.79 Å². The molecule has 4 saturated carbocycles. The standard InChI is InChI=1S/C30H48O10/c1-14(4-7-21(32)33)17-5-6-18-22-19(9-11-30(17,18)3)29(2)10-8-16(12-15(29)13-20(22)31)39-28-25(36)23(34)24(35)26(40-28)27(37)38/h14-20,22-26,28,31,34-36H,4-13H2,1-3H3,(H,32,33)(H,37,38)/t14-,15+,16-,17-,18+,19+,20+,22+,23+,24+,25-,26+,28-,29+,30-/m1/s1. The highest BCUT2D eigenvalue weighted by Crippen LogP contribution is 2.68. The molecule has 0 aromatic carbocycles. The Labute approximate surface area is 236 Å². The van der Waals surface area contributed by atoms with Crippen LogP contribution in [-0.4, -0.2) is 85.5 Å². The quantitative estimate of drug-likeness (QED) is 0.250. The van der Waals surface area contributed by atoms with Gasteiger partial charge in [-0.05, 0) is 104 Å². The number of aliphatic hydroxyl groups excluding tert-OH is 4. The molecule has 0 unspecified atom stereocenters. The van der Waals surface area contributed by atoms with E-state index in [0.29, 0.717) is 49.4 Å². The molecule has 0 radical (unpaired) electrons. The molecular weight excluding hydrogens is 520 g/mol. The summed E-state index contributed by atoms with van der Waals surface area (Å²) in [5, 5.41) is 60.8. The molecule has 1 saturated heterocycles. The van der Waals surface area contributed by atoms with Gasteiger partial charge >= 0.3 is 11.9 Å². The number of hydrogen-bond donors (Lipinski definition) is 6. The van der Waals surface area contributed by atoms with Crippen molar-refractivity contribution >= 4 is 11.9 Å². The first kappa shape index (κ1) is 30.2. The van der Waals surface area contributed by atoms with Gasteiger partial charge in [-0.1, -0.05) is 20.8 Å². The summed E-state index contributed by atoms with van der Waals surface area (Å²) >= 11 is 0. The van der Waals surface area contributed by atoms with Gasteiger partial charge in [-0.25, -0.2) is 4.79 Å². The summed E-state index contributed by atoms with van der Waals surface area (Å²) in [4.78, 5) is 22.7. The first-order valence-corrected chi connectivity index (χ1v) is 15.3. The van der Waals surface area contributed by atoms with Crippen LogP contribution in [0.4, 0.5) is 0 Å². The maximum Gasteiger partial charge on any atom is 0.335 e. The first-order chi connectivity index (χ1) is 18.8. The maximum absolute atomic E-state index is 11.6. The van der Waals surface area contributed by atoms with Gasteiger partial charge < -0.3 is 40.1 Å². The van der Waals surface area contributed by atoms with Crippen molar-refractivity contribution in [3.63, 3.8) is 0 Å². The molecule has 5 rings (SSSR count). The fourth-order valence-electron chi connectivity index (χ4n) is 10.2. The number of carboxylic acids is 2. The van der Waals surface area contributed by atoms with Gasteiger partial charge in [0.15, 0.2) is 12.4 Å². The van der Waals surface area contributed by atoms with Gasteiger partial charge in [0.1, 0.15) is 18.3 Å². The molecule has 0 aromatic heterocycles. The van der Waals surface area contributed by atoms with E-state index in [-0.39, 0.29) is 35.2 Å². The fourth-order valence-corrected chi connectivity index (χ4v) is 10.2. The Hall–Kier alpha value is -1.30. The molecule has 1 heterocycles. The lowest BCUT2D eigenvalue weighted by Gasteiger charge is -2.62. The SMILES string of the molecule is C[C@H](CCC(=O)O)[C@H]1CC[C@H]2[C@@H]3[C@@H](O)C[C@@H]4C[C@H](O[C@@H]5O[C@H](C(=O)O)[C@@H](O)[C@H](O)[C@H]5O)CC[C@]4(C)[C@H]3CC[C@]12C. The molecule has 0 spiro atoms. The largest absolute Gasteiger partial charge is 0.481 e. The predicted octanol–water partition coefficient (Wildman–Crippen LogP) is 2.39. The summed E-state index contributed by atoms with van der Waals surface area (Å²) < 4.78 is 11.4. The van der Waals surface area contributed by atoms with Gasteiger partial charge in [0.2, 0.25) is 0 Å². The molecule has 0 aromatic rings. The summed E-state index contributed by atoms with van der Waals surface area (Å²) in [5.74, 6) is -0.107. The zero-order valence-corrected chi connectivity index (χ0v) is 23.9.